The minimum absolute atomic E-state index is 0.0122. The Labute approximate surface area is 163 Å². The van der Waals surface area contributed by atoms with Gasteiger partial charge in [0, 0.05) is 6.20 Å². The van der Waals surface area contributed by atoms with E-state index in [1.807, 2.05) is 6.07 Å². The number of carbonyl (C=O) groups is 1. The number of hydrogen-bond donors (Lipinski definition) is 2. The number of nitrogens with one attached hydrogen (secondary N) is 1. The van der Waals surface area contributed by atoms with Crippen LogP contribution in [0.15, 0.2) is 17.8 Å². The fraction of sp³-hybridized carbons (Fsp3) is 0.400. The van der Waals surface area contributed by atoms with Crippen molar-refractivity contribution >= 4 is 11.7 Å². The summed E-state index contributed by atoms with van der Waals surface area (Å²) in [5, 5.41) is 40.7. The van der Waals surface area contributed by atoms with E-state index in [2.05, 4.69) is 5.32 Å². The van der Waals surface area contributed by atoms with Gasteiger partial charge in [0.2, 0.25) is 0 Å². The molecule has 0 heterocycles. The summed E-state index contributed by atoms with van der Waals surface area (Å²) in [5.41, 5.74) is -0.305. The SMILES string of the molecule is CCOC(=O)c1cc(C#N)c(NC=C(C#N)C#N)c(OC2CCCCC2)c1O. The molecule has 0 unspecified atom stereocenters. The molecule has 1 saturated carbocycles. The number of benzene rings is 1. The van der Waals surface area contributed by atoms with Crippen LogP contribution in [0.4, 0.5) is 5.69 Å². The summed E-state index contributed by atoms with van der Waals surface area (Å²) in [4.78, 5) is 12.2. The van der Waals surface area contributed by atoms with Crippen LogP contribution in [0.2, 0.25) is 0 Å². The number of hydrogen-bond acceptors (Lipinski definition) is 8. The Hall–Kier alpha value is -3.70. The van der Waals surface area contributed by atoms with E-state index in [-0.39, 0.29) is 40.8 Å². The summed E-state index contributed by atoms with van der Waals surface area (Å²) in [5.74, 6) is -1.29. The van der Waals surface area contributed by atoms with Crippen LogP contribution in [0.3, 0.4) is 0 Å². The first-order valence-corrected chi connectivity index (χ1v) is 8.96. The fourth-order valence-corrected chi connectivity index (χ4v) is 2.94. The van der Waals surface area contributed by atoms with Crippen molar-refractivity contribution in [3.05, 3.63) is 29.0 Å². The molecular formula is C20H20N4O4. The maximum atomic E-state index is 12.2. The second kappa shape index (κ2) is 9.85. The summed E-state index contributed by atoms with van der Waals surface area (Å²) >= 11 is 0. The zero-order valence-corrected chi connectivity index (χ0v) is 15.5. The first kappa shape index (κ1) is 20.6. The minimum Gasteiger partial charge on any atom is -0.504 e. The highest BCUT2D eigenvalue weighted by Crippen LogP contribution is 2.42. The molecule has 0 atom stereocenters. The van der Waals surface area contributed by atoms with Gasteiger partial charge in [0.15, 0.2) is 11.5 Å². The van der Waals surface area contributed by atoms with Gasteiger partial charge in [-0.15, -0.1) is 0 Å². The number of nitriles is 3. The molecule has 0 bridgehead atoms. The molecule has 0 spiro atoms. The van der Waals surface area contributed by atoms with E-state index < -0.39 is 11.7 Å². The molecule has 0 saturated heterocycles. The molecule has 1 aromatic rings. The summed E-state index contributed by atoms with van der Waals surface area (Å²) in [6.07, 6.45) is 5.55. The van der Waals surface area contributed by atoms with E-state index in [9.17, 15) is 15.2 Å². The fourth-order valence-electron chi connectivity index (χ4n) is 2.94. The molecule has 0 amide bonds. The average molecular weight is 380 g/mol. The van der Waals surface area contributed by atoms with Gasteiger partial charge in [-0.3, -0.25) is 0 Å². The number of rotatable bonds is 6. The van der Waals surface area contributed by atoms with E-state index in [0.717, 1.165) is 38.3 Å². The molecule has 2 rings (SSSR count). The van der Waals surface area contributed by atoms with Crippen LogP contribution in [-0.4, -0.2) is 23.8 Å². The predicted octanol–water partition coefficient (Wildman–Crippen LogP) is 3.50. The lowest BCUT2D eigenvalue weighted by Gasteiger charge is -2.25. The van der Waals surface area contributed by atoms with Gasteiger partial charge in [0.1, 0.15) is 35.0 Å². The van der Waals surface area contributed by atoms with Gasteiger partial charge in [0.05, 0.1) is 18.3 Å². The van der Waals surface area contributed by atoms with Crippen molar-refractivity contribution in [2.24, 2.45) is 0 Å². The second-order valence-electron chi connectivity index (χ2n) is 6.16. The second-order valence-corrected chi connectivity index (χ2v) is 6.16. The first-order chi connectivity index (χ1) is 13.5. The van der Waals surface area contributed by atoms with Gasteiger partial charge in [-0.25, -0.2) is 4.79 Å². The highest BCUT2D eigenvalue weighted by atomic mass is 16.5. The Morgan fingerprint density at radius 3 is 2.54 bits per heavy atom. The van der Waals surface area contributed by atoms with E-state index in [1.165, 1.54) is 6.07 Å². The molecule has 1 aliphatic rings. The Bertz CT molecular complexity index is 881. The van der Waals surface area contributed by atoms with Gasteiger partial charge >= 0.3 is 5.97 Å². The lowest BCUT2D eigenvalue weighted by molar-refractivity contribution is 0.0521. The molecule has 0 aliphatic heterocycles. The normalized spacial score (nSPS) is 13.4. The van der Waals surface area contributed by atoms with Crippen LogP contribution >= 0.6 is 0 Å². The Morgan fingerprint density at radius 1 is 1.29 bits per heavy atom. The van der Waals surface area contributed by atoms with Gasteiger partial charge in [-0.2, -0.15) is 15.8 Å². The van der Waals surface area contributed by atoms with E-state index in [0.29, 0.717) is 0 Å². The molecule has 8 heteroatoms. The Balaban J connectivity index is 2.56. The first-order valence-electron chi connectivity index (χ1n) is 8.96. The molecule has 0 radical (unpaired) electrons. The number of carbonyl (C=O) groups excluding carboxylic acids is 1. The zero-order chi connectivity index (χ0) is 20.5. The van der Waals surface area contributed by atoms with E-state index in [1.54, 1.807) is 19.1 Å². The smallest absolute Gasteiger partial charge is 0.342 e. The van der Waals surface area contributed by atoms with Crippen LogP contribution < -0.4 is 10.1 Å². The molecule has 144 valence electrons. The quantitative estimate of drug-likeness (QED) is 0.564. The summed E-state index contributed by atoms with van der Waals surface area (Å²) in [6, 6.07) is 6.53. The van der Waals surface area contributed by atoms with Crippen molar-refractivity contribution in [1.82, 2.24) is 0 Å². The Morgan fingerprint density at radius 2 is 1.96 bits per heavy atom. The van der Waals surface area contributed by atoms with Crippen LogP contribution in [0.5, 0.6) is 11.5 Å². The van der Waals surface area contributed by atoms with Crippen LogP contribution in [0.1, 0.15) is 54.9 Å². The number of aromatic hydroxyl groups is 1. The monoisotopic (exact) mass is 380 g/mol. The lowest BCUT2D eigenvalue weighted by Crippen LogP contribution is -2.21. The average Bonchev–Trinajstić information content (AvgIpc) is 2.71. The largest absolute Gasteiger partial charge is 0.504 e. The van der Waals surface area contributed by atoms with Crippen molar-refractivity contribution < 1.29 is 19.4 Å². The zero-order valence-electron chi connectivity index (χ0n) is 15.5. The highest BCUT2D eigenvalue weighted by Gasteiger charge is 2.26. The number of anilines is 1. The summed E-state index contributed by atoms with van der Waals surface area (Å²) in [6.45, 7) is 1.74. The molecule has 0 aromatic heterocycles. The highest BCUT2D eigenvalue weighted by molar-refractivity contribution is 5.96. The van der Waals surface area contributed by atoms with Crippen molar-refractivity contribution in [3.63, 3.8) is 0 Å². The third-order valence-electron chi connectivity index (χ3n) is 4.31. The molecule has 1 aliphatic carbocycles. The predicted molar refractivity (Wildman–Crippen MR) is 99.2 cm³/mol. The summed E-state index contributed by atoms with van der Waals surface area (Å²) < 4.78 is 10.9. The van der Waals surface area contributed by atoms with Crippen molar-refractivity contribution in [2.45, 2.75) is 45.1 Å². The topological polar surface area (TPSA) is 139 Å². The third kappa shape index (κ3) is 4.72. The van der Waals surface area contributed by atoms with Crippen molar-refractivity contribution in [1.29, 1.82) is 15.8 Å². The van der Waals surface area contributed by atoms with Crippen LogP contribution in [-0.2, 0) is 4.74 Å². The third-order valence-corrected chi connectivity index (χ3v) is 4.31. The van der Waals surface area contributed by atoms with E-state index in [4.69, 9.17) is 20.0 Å². The number of phenols is 1. The number of nitrogens with zero attached hydrogens (tertiary/aromatic N) is 3. The summed E-state index contributed by atoms with van der Waals surface area (Å²) in [7, 11) is 0. The van der Waals surface area contributed by atoms with Crippen LogP contribution in [0, 0.1) is 34.0 Å². The maximum Gasteiger partial charge on any atom is 0.342 e. The number of ether oxygens (including phenoxy) is 2. The molecule has 1 fully saturated rings. The van der Waals surface area contributed by atoms with Gasteiger partial charge < -0.3 is 19.9 Å². The Kier molecular flexibility index (Phi) is 7.25. The number of phenolic OH excluding ortho intramolecular Hbond substituents is 1. The molecular weight excluding hydrogens is 360 g/mol. The maximum absolute atomic E-state index is 12.2. The van der Waals surface area contributed by atoms with Gasteiger partial charge in [-0.1, -0.05) is 6.42 Å². The van der Waals surface area contributed by atoms with Crippen LogP contribution in [0.25, 0.3) is 0 Å². The van der Waals surface area contributed by atoms with Crippen molar-refractivity contribution in [2.75, 3.05) is 11.9 Å². The van der Waals surface area contributed by atoms with E-state index >= 15 is 0 Å². The molecule has 8 nitrogen and oxygen atoms in total. The minimum atomic E-state index is -0.776. The molecule has 2 N–H and O–H groups in total. The molecule has 28 heavy (non-hydrogen) atoms. The number of esters is 1. The number of allylic oxidation sites excluding steroid dienone is 1. The molecule has 1 aromatic carbocycles. The van der Waals surface area contributed by atoms with Crippen molar-refractivity contribution in [3.8, 4) is 29.7 Å². The lowest BCUT2D eigenvalue weighted by atomic mass is 9.97. The van der Waals surface area contributed by atoms with Gasteiger partial charge in [-0.05, 0) is 38.7 Å². The van der Waals surface area contributed by atoms with Gasteiger partial charge in [0.25, 0.3) is 0 Å². The standard InChI is InChI=1S/C20H20N4O4/c1-2-27-20(26)16-8-14(11-23)17(24-12-13(9-21)10-22)19(18(16)25)28-15-6-4-3-5-7-15/h8,12,15,24-25H,2-7H2,1H3.